The minimum Gasteiger partial charge on any atom is -0.313 e. The Bertz CT molecular complexity index is 142. The van der Waals surface area contributed by atoms with E-state index in [1.807, 2.05) is 6.92 Å². The summed E-state index contributed by atoms with van der Waals surface area (Å²) in [5, 5.41) is 6.68. The average molecular weight is 152 g/mol. The molecule has 62 valence electrons. The summed E-state index contributed by atoms with van der Waals surface area (Å²) in [4.78, 5) is 0. The first-order valence-electron chi connectivity index (χ1n) is 4.26. The fraction of sp³-hybridized carbons (Fsp3) is 0.778. The van der Waals surface area contributed by atoms with E-state index in [1.165, 1.54) is 12.8 Å². The average Bonchev–Trinajstić information content (AvgIpc) is 2.52. The monoisotopic (exact) mass is 152 g/mol. The summed E-state index contributed by atoms with van der Waals surface area (Å²) < 4.78 is 0. The number of nitrogens with one attached hydrogen (secondary N) is 2. The zero-order valence-electron chi connectivity index (χ0n) is 7.06. The van der Waals surface area contributed by atoms with Gasteiger partial charge in [-0.1, -0.05) is 5.92 Å². The Labute approximate surface area is 68.8 Å². The highest BCUT2D eigenvalue weighted by Crippen LogP contribution is 2.03. The van der Waals surface area contributed by atoms with Gasteiger partial charge in [-0.2, -0.15) is 0 Å². The molecule has 1 aliphatic rings. The van der Waals surface area contributed by atoms with Gasteiger partial charge in [0.2, 0.25) is 0 Å². The van der Waals surface area contributed by atoms with Crippen LogP contribution in [0.2, 0.25) is 0 Å². The van der Waals surface area contributed by atoms with E-state index in [0.717, 1.165) is 13.1 Å². The minimum absolute atomic E-state index is 0.206. The first-order valence-corrected chi connectivity index (χ1v) is 4.26. The highest BCUT2D eigenvalue weighted by Gasteiger charge is 2.13. The third kappa shape index (κ3) is 2.92. The van der Waals surface area contributed by atoms with Crippen molar-refractivity contribution in [2.75, 3.05) is 13.1 Å². The second-order valence-electron chi connectivity index (χ2n) is 3.09. The summed E-state index contributed by atoms with van der Waals surface area (Å²) >= 11 is 0. The van der Waals surface area contributed by atoms with Crippen molar-refractivity contribution in [1.29, 1.82) is 0 Å². The molecule has 0 radical (unpaired) electrons. The number of hydrogen-bond donors (Lipinski definition) is 2. The molecular formula is C9H16N2. The van der Waals surface area contributed by atoms with Crippen LogP contribution in [-0.4, -0.2) is 25.2 Å². The Morgan fingerprint density at radius 2 is 2.64 bits per heavy atom. The quantitative estimate of drug-likeness (QED) is 0.570. The third-order valence-electron chi connectivity index (χ3n) is 2.08. The molecule has 0 spiro atoms. The lowest BCUT2D eigenvalue weighted by atomic mass is 10.2. The molecule has 11 heavy (non-hydrogen) atoms. The summed E-state index contributed by atoms with van der Waals surface area (Å²) in [6, 6.07) is 0.850. The molecule has 0 aromatic carbocycles. The molecule has 2 heteroatoms. The topological polar surface area (TPSA) is 24.1 Å². The normalized spacial score (nSPS) is 26.4. The molecular weight excluding hydrogens is 136 g/mol. The van der Waals surface area contributed by atoms with Gasteiger partial charge in [-0.15, -0.1) is 6.42 Å². The largest absolute Gasteiger partial charge is 0.313 e. The van der Waals surface area contributed by atoms with Crippen LogP contribution in [0.5, 0.6) is 0 Å². The van der Waals surface area contributed by atoms with E-state index in [1.54, 1.807) is 0 Å². The smallest absolute Gasteiger partial charge is 0.0658 e. The van der Waals surface area contributed by atoms with E-state index in [4.69, 9.17) is 6.42 Å². The van der Waals surface area contributed by atoms with E-state index >= 15 is 0 Å². The summed E-state index contributed by atoms with van der Waals surface area (Å²) in [6.45, 7) is 4.18. The van der Waals surface area contributed by atoms with Crippen LogP contribution in [0, 0.1) is 12.3 Å². The summed E-state index contributed by atoms with van der Waals surface area (Å²) in [6.07, 6.45) is 7.81. The second-order valence-corrected chi connectivity index (χ2v) is 3.09. The van der Waals surface area contributed by atoms with Crippen LogP contribution in [0.1, 0.15) is 19.8 Å². The lowest BCUT2D eigenvalue weighted by Crippen LogP contribution is -2.37. The Hall–Kier alpha value is -0.520. The number of terminal acetylenes is 1. The first-order chi connectivity index (χ1) is 5.33. The van der Waals surface area contributed by atoms with Gasteiger partial charge in [-0.3, -0.25) is 0 Å². The molecule has 0 aromatic heterocycles. The fourth-order valence-electron chi connectivity index (χ4n) is 1.31. The number of rotatable bonds is 3. The molecule has 1 fully saturated rings. The van der Waals surface area contributed by atoms with Crippen molar-refractivity contribution in [3.05, 3.63) is 0 Å². The van der Waals surface area contributed by atoms with Gasteiger partial charge in [0, 0.05) is 12.6 Å². The Kier molecular flexibility index (Phi) is 3.41. The van der Waals surface area contributed by atoms with E-state index in [2.05, 4.69) is 16.6 Å². The highest BCUT2D eigenvalue weighted by atomic mass is 15.0. The first kappa shape index (κ1) is 8.58. The molecule has 0 aromatic rings. The molecule has 1 heterocycles. The summed E-state index contributed by atoms with van der Waals surface area (Å²) in [5.74, 6) is 2.65. The molecule has 1 rings (SSSR count). The Morgan fingerprint density at radius 3 is 3.18 bits per heavy atom. The predicted octanol–water partition coefficient (Wildman–Crippen LogP) is 0.350. The SMILES string of the molecule is C#CC(C)NCC1CCCN1. The van der Waals surface area contributed by atoms with E-state index in [9.17, 15) is 0 Å². The molecule has 2 atom stereocenters. The van der Waals surface area contributed by atoms with Gasteiger partial charge in [0.1, 0.15) is 0 Å². The zero-order chi connectivity index (χ0) is 8.10. The van der Waals surface area contributed by atoms with Crippen molar-refractivity contribution in [1.82, 2.24) is 10.6 Å². The van der Waals surface area contributed by atoms with Crippen LogP contribution in [0.4, 0.5) is 0 Å². The van der Waals surface area contributed by atoms with Crippen molar-refractivity contribution in [3.63, 3.8) is 0 Å². The van der Waals surface area contributed by atoms with E-state index < -0.39 is 0 Å². The van der Waals surface area contributed by atoms with E-state index in [0.29, 0.717) is 6.04 Å². The molecule has 1 saturated heterocycles. The lowest BCUT2D eigenvalue weighted by Gasteiger charge is -2.12. The third-order valence-corrected chi connectivity index (χ3v) is 2.08. The predicted molar refractivity (Wildman–Crippen MR) is 47.3 cm³/mol. The zero-order valence-corrected chi connectivity index (χ0v) is 7.06. The molecule has 2 N–H and O–H groups in total. The van der Waals surface area contributed by atoms with Crippen molar-refractivity contribution in [3.8, 4) is 12.3 Å². The molecule has 2 nitrogen and oxygen atoms in total. The molecule has 2 unspecified atom stereocenters. The Morgan fingerprint density at radius 1 is 1.82 bits per heavy atom. The summed E-state index contributed by atoms with van der Waals surface area (Å²) in [5.41, 5.74) is 0. The maximum atomic E-state index is 5.22. The van der Waals surface area contributed by atoms with Gasteiger partial charge in [0.05, 0.1) is 6.04 Å². The van der Waals surface area contributed by atoms with E-state index in [-0.39, 0.29) is 6.04 Å². The van der Waals surface area contributed by atoms with Crippen LogP contribution in [0.15, 0.2) is 0 Å². The number of hydrogen-bond acceptors (Lipinski definition) is 2. The van der Waals surface area contributed by atoms with Crippen molar-refractivity contribution < 1.29 is 0 Å². The maximum Gasteiger partial charge on any atom is 0.0658 e. The van der Waals surface area contributed by atoms with Crippen LogP contribution in [-0.2, 0) is 0 Å². The lowest BCUT2D eigenvalue weighted by molar-refractivity contribution is 0.521. The molecule has 0 bridgehead atoms. The van der Waals surface area contributed by atoms with Gasteiger partial charge < -0.3 is 10.6 Å². The molecule has 0 amide bonds. The molecule has 1 aliphatic heterocycles. The van der Waals surface area contributed by atoms with Crippen LogP contribution in [0.3, 0.4) is 0 Å². The fourth-order valence-corrected chi connectivity index (χ4v) is 1.31. The van der Waals surface area contributed by atoms with Crippen LogP contribution >= 0.6 is 0 Å². The molecule has 0 saturated carbocycles. The Balaban J connectivity index is 2.07. The second kappa shape index (κ2) is 4.38. The standard InChI is InChI=1S/C9H16N2/c1-3-8(2)11-7-9-5-4-6-10-9/h1,8-11H,4-7H2,2H3. The highest BCUT2D eigenvalue weighted by molar-refractivity contribution is 4.96. The van der Waals surface area contributed by atoms with Gasteiger partial charge >= 0.3 is 0 Å². The van der Waals surface area contributed by atoms with Crippen molar-refractivity contribution >= 4 is 0 Å². The van der Waals surface area contributed by atoms with Gasteiger partial charge in [-0.25, -0.2) is 0 Å². The molecule has 0 aliphatic carbocycles. The van der Waals surface area contributed by atoms with Crippen LogP contribution in [0.25, 0.3) is 0 Å². The van der Waals surface area contributed by atoms with Crippen molar-refractivity contribution in [2.24, 2.45) is 0 Å². The van der Waals surface area contributed by atoms with Gasteiger partial charge in [-0.05, 0) is 26.3 Å². The minimum atomic E-state index is 0.206. The van der Waals surface area contributed by atoms with Gasteiger partial charge in [0.15, 0.2) is 0 Å². The summed E-state index contributed by atoms with van der Waals surface area (Å²) in [7, 11) is 0. The van der Waals surface area contributed by atoms with Crippen LogP contribution < -0.4 is 10.6 Å². The maximum absolute atomic E-state index is 5.22. The van der Waals surface area contributed by atoms with Gasteiger partial charge in [0.25, 0.3) is 0 Å². The van der Waals surface area contributed by atoms with Crippen molar-refractivity contribution in [2.45, 2.75) is 31.8 Å².